The lowest BCUT2D eigenvalue weighted by molar-refractivity contribution is -0.134. The smallest absolute Gasteiger partial charge is 0.323 e. The number of urea groups is 1. The van der Waals surface area contributed by atoms with E-state index in [0.29, 0.717) is 18.9 Å². The van der Waals surface area contributed by atoms with Crippen LogP contribution in [0.3, 0.4) is 0 Å². The fourth-order valence-electron chi connectivity index (χ4n) is 3.99. The first-order valence-corrected chi connectivity index (χ1v) is 8.81. The lowest BCUT2D eigenvalue weighted by Gasteiger charge is -2.40. The van der Waals surface area contributed by atoms with Crippen LogP contribution < -0.4 is 5.32 Å². The number of piperidine rings is 1. The van der Waals surface area contributed by atoms with Crippen molar-refractivity contribution >= 4 is 11.9 Å². The summed E-state index contributed by atoms with van der Waals surface area (Å²) in [4.78, 5) is 29.0. The Morgan fingerprint density at radius 3 is 2.43 bits per heavy atom. The molecule has 1 atom stereocenters. The molecule has 1 N–H and O–H groups in total. The molecule has 0 saturated carbocycles. The van der Waals surface area contributed by atoms with E-state index in [1.165, 1.54) is 4.90 Å². The molecular formula is C18H31N3O2. The highest BCUT2D eigenvalue weighted by Crippen LogP contribution is 2.36. The van der Waals surface area contributed by atoms with Gasteiger partial charge in [-0.25, -0.2) is 4.79 Å². The predicted octanol–water partition coefficient (Wildman–Crippen LogP) is 2.63. The maximum Gasteiger partial charge on any atom is 0.325 e. The maximum absolute atomic E-state index is 13.0. The van der Waals surface area contributed by atoms with E-state index in [4.69, 9.17) is 0 Å². The average Bonchev–Trinajstić information content (AvgIpc) is 2.72. The molecule has 2 fully saturated rings. The summed E-state index contributed by atoms with van der Waals surface area (Å²) in [5.41, 5.74) is 0.114. The highest BCUT2D eigenvalue weighted by molar-refractivity contribution is 6.07. The summed E-state index contributed by atoms with van der Waals surface area (Å²) in [5.74, 6) is 0.823. The lowest BCUT2D eigenvalue weighted by atomic mass is 9.75. The summed E-state index contributed by atoms with van der Waals surface area (Å²) in [6.45, 7) is 15.6. The summed E-state index contributed by atoms with van der Waals surface area (Å²) in [5, 5.41) is 3.03. The number of likely N-dealkylation sites (tertiary alicyclic amines) is 1. The van der Waals surface area contributed by atoms with E-state index in [9.17, 15) is 9.59 Å². The molecule has 1 unspecified atom stereocenters. The van der Waals surface area contributed by atoms with Gasteiger partial charge in [-0.1, -0.05) is 32.9 Å². The van der Waals surface area contributed by atoms with Crippen molar-refractivity contribution in [3.05, 3.63) is 12.2 Å². The minimum Gasteiger partial charge on any atom is -0.323 e. The highest BCUT2D eigenvalue weighted by Gasteiger charge is 2.54. The van der Waals surface area contributed by atoms with Gasteiger partial charge in [-0.2, -0.15) is 0 Å². The van der Waals surface area contributed by atoms with E-state index in [-0.39, 0.29) is 17.9 Å². The molecule has 0 spiro atoms. The zero-order chi connectivity index (χ0) is 17.2. The number of carbonyl (C=O) groups excluding carboxylic acids is 2. The van der Waals surface area contributed by atoms with Gasteiger partial charge in [0.1, 0.15) is 5.54 Å². The minimum absolute atomic E-state index is 0.0599. The van der Waals surface area contributed by atoms with Gasteiger partial charge in [0.2, 0.25) is 0 Å². The molecule has 0 aromatic carbocycles. The van der Waals surface area contributed by atoms with Gasteiger partial charge >= 0.3 is 6.03 Å². The molecule has 5 heteroatoms. The summed E-state index contributed by atoms with van der Waals surface area (Å²) >= 11 is 0. The summed E-state index contributed by atoms with van der Waals surface area (Å²) in [7, 11) is 0. The molecule has 0 aromatic heterocycles. The Morgan fingerprint density at radius 2 is 1.96 bits per heavy atom. The second-order valence-corrected chi connectivity index (χ2v) is 7.57. The Balaban J connectivity index is 2.09. The van der Waals surface area contributed by atoms with Crippen LogP contribution in [0.5, 0.6) is 0 Å². The molecule has 2 aliphatic heterocycles. The largest absolute Gasteiger partial charge is 0.325 e. The number of imide groups is 1. The van der Waals surface area contributed by atoms with Crippen LogP contribution in [0, 0.1) is 11.8 Å². The minimum atomic E-state index is -0.712. The molecule has 0 radical (unpaired) electrons. The Morgan fingerprint density at radius 1 is 1.35 bits per heavy atom. The van der Waals surface area contributed by atoms with E-state index in [0.717, 1.165) is 38.0 Å². The van der Waals surface area contributed by atoms with Crippen LogP contribution in [0.1, 0.15) is 47.0 Å². The fraction of sp³-hybridized carbons (Fsp3) is 0.778. The topological polar surface area (TPSA) is 52.7 Å². The fourth-order valence-corrected chi connectivity index (χ4v) is 3.99. The first-order chi connectivity index (χ1) is 10.8. The summed E-state index contributed by atoms with van der Waals surface area (Å²) in [6, 6.07) is -0.260. The second-order valence-electron chi connectivity index (χ2n) is 7.57. The normalized spacial score (nSPS) is 26.9. The van der Waals surface area contributed by atoms with Crippen molar-refractivity contribution in [2.24, 2.45) is 11.8 Å². The summed E-state index contributed by atoms with van der Waals surface area (Å²) < 4.78 is 0. The third kappa shape index (κ3) is 3.60. The number of nitrogens with one attached hydrogen (secondary N) is 1. The van der Waals surface area contributed by atoms with E-state index in [1.54, 1.807) is 0 Å². The van der Waals surface area contributed by atoms with E-state index in [2.05, 4.69) is 30.6 Å². The van der Waals surface area contributed by atoms with Crippen LogP contribution >= 0.6 is 0 Å². The molecule has 0 aromatic rings. The summed E-state index contributed by atoms with van der Waals surface area (Å²) in [6.07, 6.45) is 2.58. The van der Waals surface area contributed by atoms with Crippen LogP contribution in [0.2, 0.25) is 0 Å². The van der Waals surface area contributed by atoms with E-state index in [1.807, 2.05) is 13.8 Å². The van der Waals surface area contributed by atoms with Crippen LogP contribution in [0.15, 0.2) is 12.2 Å². The van der Waals surface area contributed by atoms with Crippen LogP contribution in [-0.2, 0) is 4.79 Å². The zero-order valence-electron chi connectivity index (χ0n) is 15.0. The van der Waals surface area contributed by atoms with Crippen molar-refractivity contribution in [2.75, 3.05) is 26.2 Å². The predicted molar refractivity (Wildman–Crippen MR) is 92.1 cm³/mol. The van der Waals surface area contributed by atoms with Crippen molar-refractivity contribution < 1.29 is 9.59 Å². The second kappa shape index (κ2) is 7.04. The molecule has 2 heterocycles. The number of hydrogen-bond acceptors (Lipinski definition) is 3. The van der Waals surface area contributed by atoms with Gasteiger partial charge in [0, 0.05) is 6.54 Å². The third-order valence-electron chi connectivity index (χ3n) is 5.10. The molecule has 3 amide bonds. The van der Waals surface area contributed by atoms with Crippen molar-refractivity contribution in [2.45, 2.75) is 52.5 Å². The SMILES string of the molecule is C=C(C)CN1C(=O)NC(CC)(C2CCN(CC(C)C)CC2)C1=O. The van der Waals surface area contributed by atoms with Gasteiger partial charge in [-0.3, -0.25) is 9.69 Å². The Kier molecular flexibility index (Phi) is 5.50. The molecular weight excluding hydrogens is 290 g/mol. The van der Waals surface area contributed by atoms with Gasteiger partial charge in [0.05, 0.1) is 6.54 Å². The molecule has 130 valence electrons. The van der Waals surface area contributed by atoms with Gasteiger partial charge < -0.3 is 10.2 Å². The van der Waals surface area contributed by atoms with Gasteiger partial charge in [0.15, 0.2) is 0 Å². The Labute approximate surface area is 140 Å². The Bertz CT molecular complexity index is 481. The number of hydrogen-bond donors (Lipinski definition) is 1. The molecule has 0 aliphatic carbocycles. The van der Waals surface area contributed by atoms with Crippen molar-refractivity contribution in [3.8, 4) is 0 Å². The standard InChI is InChI=1S/C18H31N3O2/c1-6-18(15-7-9-20(10-8-15)11-13(2)3)16(22)21(12-14(4)5)17(23)19-18/h13,15H,4,6-12H2,1-3,5H3,(H,19,23). The Hall–Kier alpha value is -1.36. The first kappa shape index (κ1) is 18.0. The van der Waals surface area contributed by atoms with Crippen molar-refractivity contribution in [3.63, 3.8) is 0 Å². The van der Waals surface area contributed by atoms with Crippen LogP contribution in [-0.4, -0.2) is 53.5 Å². The molecule has 0 bridgehead atoms. The molecule has 2 rings (SSSR count). The molecule has 23 heavy (non-hydrogen) atoms. The van der Waals surface area contributed by atoms with Crippen LogP contribution in [0.25, 0.3) is 0 Å². The quantitative estimate of drug-likeness (QED) is 0.604. The number of nitrogens with zero attached hydrogens (tertiary/aromatic N) is 2. The average molecular weight is 321 g/mol. The number of carbonyl (C=O) groups is 2. The van der Waals surface area contributed by atoms with E-state index < -0.39 is 5.54 Å². The van der Waals surface area contributed by atoms with E-state index >= 15 is 0 Å². The van der Waals surface area contributed by atoms with Crippen molar-refractivity contribution in [1.82, 2.24) is 15.1 Å². The third-order valence-corrected chi connectivity index (χ3v) is 5.10. The highest BCUT2D eigenvalue weighted by atomic mass is 16.2. The molecule has 2 aliphatic rings. The maximum atomic E-state index is 13.0. The zero-order valence-corrected chi connectivity index (χ0v) is 15.0. The monoisotopic (exact) mass is 321 g/mol. The van der Waals surface area contributed by atoms with Crippen molar-refractivity contribution in [1.29, 1.82) is 0 Å². The van der Waals surface area contributed by atoms with Gasteiger partial charge in [-0.15, -0.1) is 0 Å². The molecule has 2 saturated heterocycles. The number of amides is 3. The first-order valence-electron chi connectivity index (χ1n) is 8.81. The van der Waals surface area contributed by atoms with Crippen LogP contribution in [0.4, 0.5) is 4.79 Å². The van der Waals surface area contributed by atoms with Gasteiger partial charge in [-0.05, 0) is 51.1 Å². The molecule has 5 nitrogen and oxygen atoms in total. The number of rotatable bonds is 6. The lowest BCUT2D eigenvalue weighted by Crippen LogP contribution is -2.56. The van der Waals surface area contributed by atoms with Gasteiger partial charge in [0.25, 0.3) is 5.91 Å².